The number of nitrogens with zero attached hydrogens (tertiary/aromatic N) is 2. The fourth-order valence-corrected chi connectivity index (χ4v) is 3.76. The molecule has 15 heavy (non-hydrogen) atoms. The van der Waals surface area contributed by atoms with E-state index >= 15 is 0 Å². The summed E-state index contributed by atoms with van der Waals surface area (Å²) < 4.78 is 2.40. The van der Waals surface area contributed by atoms with Crippen LogP contribution in [0.5, 0.6) is 0 Å². The van der Waals surface area contributed by atoms with Crippen molar-refractivity contribution in [1.82, 2.24) is 10.2 Å². The standard InChI is InChI=1S/C8H16N4S2.BrH/c1-2-11-3-5-12(6-4-11)8-10-7(9)13-14-8;/h7H,2-6,9H2,1H3;1H. The Bertz CT molecular complexity index is 239. The summed E-state index contributed by atoms with van der Waals surface area (Å²) in [5.74, 6) is 0. The molecule has 0 amide bonds. The van der Waals surface area contributed by atoms with E-state index in [9.17, 15) is 0 Å². The highest BCUT2D eigenvalue weighted by Crippen LogP contribution is 2.30. The van der Waals surface area contributed by atoms with Crippen molar-refractivity contribution in [3.05, 3.63) is 0 Å². The molecule has 88 valence electrons. The van der Waals surface area contributed by atoms with Gasteiger partial charge in [0, 0.05) is 23.9 Å². The van der Waals surface area contributed by atoms with Crippen LogP contribution < -0.4 is 28.0 Å². The van der Waals surface area contributed by atoms with Gasteiger partial charge in [-0.3, -0.25) is 15.2 Å². The summed E-state index contributed by atoms with van der Waals surface area (Å²) in [6, 6.07) is 0. The van der Waals surface area contributed by atoms with Crippen LogP contribution in [0.3, 0.4) is 0 Å². The summed E-state index contributed by atoms with van der Waals surface area (Å²) in [6.07, 6.45) is 0. The minimum atomic E-state index is 0. The van der Waals surface area contributed by atoms with Crippen molar-refractivity contribution >= 4 is 26.8 Å². The van der Waals surface area contributed by atoms with Gasteiger partial charge in [0.25, 0.3) is 0 Å². The van der Waals surface area contributed by atoms with Gasteiger partial charge >= 0.3 is 5.17 Å². The molecule has 2 rings (SSSR count). The van der Waals surface area contributed by atoms with Gasteiger partial charge in [-0.15, -0.1) is 0 Å². The van der Waals surface area contributed by atoms with Gasteiger partial charge in [-0.25, -0.2) is 5.32 Å². The number of piperazine rings is 1. The topological polar surface area (TPSA) is 44.3 Å². The molecule has 1 atom stereocenters. The summed E-state index contributed by atoms with van der Waals surface area (Å²) >= 11 is 0. The molecule has 2 aliphatic heterocycles. The van der Waals surface area contributed by atoms with Gasteiger partial charge < -0.3 is 17.0 Å². The number of nitrogens with two attached hydrogens (primary N) is 1. The Morgan fingerprint density at radius 2 is 2.20 bits per heavy atom. The van der Waals surface area contributed by atoms with Crippen LogP contribution >= 0.6 is 21.6 Å². The van der Waals surface area contributed by atoms with Crippen molar-refractivity contribution in [2.24, 2.45) is 5.73 Å². The van der Waals surface area contributed by atoms with Gasteiger partial charge in [0.1, 0.15) is 0 Å². The Kier molecular flexibility index (Phi) is 5.76. The first-order valence-electron chi connectivity index (χ1n) is 4.99. The van der Waals surface area contributed by atoms with E-state index < -0.39 is 0 Å². The first kappa shape index (κ1) is 13.6. The molecule has 0 aromatic carbocycles. The van der Waals surface area contributed by atoms with Crippen molar-refractivity contribution in [2.45, 2.75) is 12.4 Å². The van der Waals surface area contributed by atoms with E-state index in [2.05, 4.69) is 21.7 Å². The van der Waals surface area contributed by atoms with Gasteiger partial charge in [-0.1, -0.05) is 6.92 Å². The van der Waals surface area contributed by atoms with Crippen molar-refractivity contribution in [2.75, 3.05) is 32.7 Å². The van der Waals surface area contributed by atoms with Crippen LogP contribution in [0.4, 0.5) is 0 Å². The van der Waals surface area contributed by atoms with E-state index in [1.54, 1.807) is 21.6 Å². The Hall–Kier alpha value is 0.570. The fourth-order valence-electron chi connectivity index (χ4n) is 1.68. The molecule has 7 heteroatoms. The molecule has 0 spiro atoms. The maximum Gasteiger partial charge on any atom is 0.319 e. The summed E-state index contributed by atoms with van der Waals surface area (Å²) in [4.78, 5) is 2.48. The van der Waals surface area contributed by atoms with Crippen molar-refractivity contribution < 1.29 is 21.6 Å². The molecule has 0 aromatic heterocycles. The highest BCUT2D eigenvalue weighted by molar-refractivity contribution is 8.83. The molecule has 0 saturated carbocycles. The third-order valence-corrected chi connectivity index (χ3v) is 4.94. The molecule has 0 radical (unpaired) electrons. The van der Waals surface area contributed by atoms with Crippen LogP contribution in [-0.2, 0) is 0 Å². The molecule has 2 heterocycles. The Labute approximate surface area is 109 Å². The second kappa shape index (κ2) is 6.34. The zero-order chi connectivity index (χ0) is 9.97. The Balaban J connectivity index is 0.00000112. The molecule has 2 aliphatic rings. The zero-order valence-corrected chi connectivity index (χ0v) is 12.0. The fraction of sp³-hybridized carbons (Fsp3) is 0.875. The van der Waals surface area contributed by atoms with Crippen LogP contribution in [-0.4, -0.2) is 52.9 Å². The van der Waals surface area contributed by atoms with Crippen molar-refractivity contribution in [1.29, 1.82) is 0 Å². The maximum absolute atomic E-state index is 5.76. The van der Waals surface area contributed by atoms with Crippen LogP contribution in [0.1, 0.15) is 6.92 Å². The monoisotopic (exact) mass is 312 g/mol. The molecule has 2 saturated heterocycles. The lowest BCUT2D eigenvalue weighted by atomic mass is 10.3. The van der Waals surface area contributed by atoms with Gasteiger partial charge in [-0.2, -0.15) is 0 Å². The average molecular weight is 313 g/mol. The van der Waals surface area contributed by atoms with Crippen LogP contribution in [0.15, 0.2) is 0 Å². The average Bonchev–Trinajstić information content (AvgIpc) is 2.65. The summed E-state index contributed by atoms with van der Waals surface area (Å²) in [5.41, 5.74) is 5.83. The normalized spacial score (nSPS) is 27.5. The van der Waals surface area contributed by atoms with Crippen LogP contribution in [0.25, 0.3) is 0 Å². The number of rotatable bonds is 1. The first-order valence-corrected chi connectivity index (χ1v) is 7.20. The quantitative estimate of drug-likeness (QED) is 0.397. The molecule has 0 aromatic rings. The van der Waals surface area contributed by atoms with Crippen molar-refractivity contribution in [3.63, 3.8) is 0 Å². The van der Waals surface area contributed by atoms with Gasteiger partial charge in [0.05, 0.1) is 13.1 Å². The number of halogens is 1. The predicted molar refractivity (Wildman–Crippen MR) is 63.4 cm³/mol. The Morgan fingerprint density at radius 3 is 2.67 bits per heavy atom. The van der Waals surface area contributed by atoms with E-state index in [1.807, 2.05) is 0 Å². The molecular formula is C8H17BrN4S2. The largest absolute Gasteiger partial charge is 1.00 e. The number of hydrogen-bond donors (Lipinski definition) is 2. The molecular weight excluding hydrogens is 296 g/mol. The highest BCUT2D eigenvalue weighted by Gasteiger charge is 2.29. The Morgan fingerprint density at radius 1 is 1.53 bits per heavy atom. The summed E-state index contributed by atoms with van der Waals surface area (Å²) in [7, 11) is 3.47. The minimum Gasteiger partial charge on any atom is -1.00 e. The number of nitrogens with one attached hydrogen (secondary N) is 1. The maximum atomic E-state index is 5.76. The van der Waals surface area contributed by atoms with E-state index in [-0.39, 0.29) is 22.5 Å². The van der Waals surface area contributed by atoms with Crippen molar-refractivity contribution in [3.8, 4) is 0 Å². The lowest BCUT2D eigenvalue weighted by Gasteiger charge is -2.26. The van der Waals surface area contributed by atoms with Crippen LogP contribution in [0, 0.1) is 0 Å². The molecule has 0 aliphatic carbocycles. The third kappa shape index (κ3) is 3.52. The number of likely N-dealkylation sites (N-methyl/N-ethyl adjacent to an activating group) is 1. The van der Waals surface area contributed by atoms with E-state index in [4.69, 9.17) is 5.73 Å². The number of hydrogen-bond acceptors (Lipinski definition) is 4. The lowest BCUT2D eigenvalue weighted by molar-refractivity contribution is -0.538. The summed E-state index contributed by atoms with van der Waals surface area (Å²) in [6.45, 7) is 7.96. The summed E-state index contributed by atoms with van der Waals surface area (Å²) in [5, 5.41) is 4.53. The second-order valence-corrected chi connectivity index (χ2v) is 5.80. The first-order chi connectivity index (χ1) is 6.79. The molecule has 1 unspecified atom stereocenters. The zero-order valence-electron chi connectivity index (χ0n) is 8.78. The SMILES string of the molecule is CCN1CC[N+](=C2NC(N)SS2)CC1.[Br-]. The minimum absolute atomic E-state index is 0. The van der Waals surface area contributed by atoms with Gasteiger partial charge in [0.15, 0.2) is 0 Å². The van der Waals surface area contributed by atoms with Gasteiger partial charge in [-0.05, 0) is 17.3 Å². The molecule has 3 N–H and O–H groups in total. The van der Waals surface area contributed by atoms with E-state index in [0.29, 0.717) is 0 Å². The van der Waals surface area contributed by atoms with E-state index in [0.717, 1.165) is 19.6 Å². The third-order valence-electron chi connectivity index (χ3n) is 2.60. The van der Waals surface area contributed by atoms with Gasteiger partial charge in [0.2, 0.25) is 5.50 Å². The highest BCUT2D eigenvalue weighted by atomic mass is 79.9. The lowest BCUT2D eigenvalue weighted by Crippen LogP contribution is -3.00. The van der Waals surface area contributed by atoms with Crippen LogP contribution in [0.2, 0.25) is 0 Å². The molecule has 2 fully saturated rings. The number of amidine groups is 1. The molecule has 0 bridgehead atoms. The predicted octanol–water partition coefficient (Wildman–Crippen LogP) is -3.08. The smallest absolute Gasteiger partial charge is 0.319 e. The molecule has 4 nitrogen and oxygen atoms in total. The second-order valence-electron chi connectivity index (χ2n) is 3.47. The van der Waals surface area contributed by atoms with E-state index in [1.165, 1.54) is 18.3 Å².